The van der Waals surface area contributed by atoms with Crippen LogP contribution in [0.25, 0.3) is 0 Å². The molecule has 20 heavy (non-hydrogen) atoms. The van der Waals surface area contributed by atoms with E-state index in [1.807, 2.05) is 0 Å². The molecule has 112 valence electrons. The highest BCUT2D eigenvalue weighted by Gasteiger charge is 2.10. The smallest absolute Gasteiger partial charge is 0.254 e. The highest BCUT2D eigenvalue weighted by atomic mass is 35.5. The fourth-order valence-electron chi connectivity index (χ4n) is 1.48. The number of benzene rings is 1. The minimum Gasteiger partial charge on any atom is -0.354 e. The summed E-state index contributed by atoms with van der Waals surface area (Å²) in [6, 6.07) is 5.52. The van der Waals surface area contributed by atoms with Gasteiger partial charge in [0.15, 0.2) is 0 Å². The van der Waals surface area contributed by atoms with Crippen LogP contribution in [0.15, 0.2) is 24.3 Å². The van der Waals surface area contributed by atoms with Gasteiger partial charge in [0.05, 0.1) is 5.56 Å². The molecular weight excluding hydrogens is 285 g/mol. The zero-order valence-electron chi connectivity index (χ0n) is 11.2. The Hall–Kier alpha value is -1.66. The minimum absolute atomic E-state index is 0. The van der Waals surface area contributed by atoms with E-state index in [4.69, 9.17) is 5.73 Å². The number of amides is 2. The van der Waals surface area contributed by atoms with Crippen molar-refractivity contribution in [2.75, 3.05) is 13.1 Å². The van der Waals surface area contributed by atoms with Crippen LogP contribution in [0.1, 0.15) is 23.7 Å². The number of hydrogen-bond acceptors (Lipinski definition) is 3. The molecule has 0 aromatic heterocycles. The number of hydrogen-bond donors (Lipinski definition) is 3. The average Bonchev–Trinajstić information content (AvgIpc) is 2.34. The van der Waals surface area contributed by atoms with Crippen LogP contribution in [0.3, 0.4) is 0 Å². The molecule has 1 aromatic carbocycles. The molecule has 0 fully saturated rings. The molecule has 1 unspecified atom stereocenters. The molecule has 4 N–H and O–H groups in total. The summed E-state index contributed by atoms with van der Waals surface area (Å²) in [4.78, 5) is 22.9. The molecule has 1 rings (SSSR count). The highest BCUT2D eigenvalue weighted by Crippen LogP contribution is 2.05. The molecule has 1 atom stereocenters. The predicted octanol–water partition coefficient (Wildman–Crippen LogP) is 0.831. The van der Waals surface area contributed by atoms with E-state index in [1.54, 1.807) is 13.0 Å². The maximum absolute atomic E-state index is 13.3. The zero-order chi connectivity index (χ0) is 14.3. The molecule has 0 bridgehead atoms. The summed E-state index contributed by atoms with van der Waals surface area (Å²) in [5.74, 6) is -1.24. The molecule has 0 saturated heterocycles. The van der Waals surface area contributed by atoms with Gasteiger partial charge in [-0.3, -0.25) is 9.59 Å². The lowest BCUT2D eigenvalue weighted by molar-refractivity contribution is -0.121. The summed E-state index contributed by atoms with van der Waals surface area (Å²) < 4.78 is 13.3. The Balaban J connectivity index is 0.00000361. The van der Waals surface area contributed by atoms with Crippen molar-refractivity contribution in [3.05, 3.63) is 35.6 Å². The van der Waals surface area contributed by atoms with E-state index in [1.165, 1.54) is 18.2 Å². The van der Waals surface area contributed by atoms with Crippen molar-refractivity contribution in [2.24, 2.45) is 5.73 Å². The van der Waals surface area contributed by atoms with E-state index in [0.717, 1.165) is 0 Å². The lowest BCUT2D eigenvalue weighted by Crippen LogP contribution is -2.36. The van der Waals surface area contributed by atoms with E-state index in [-0.39, 0.29) is 49.4 Å². The van der Waals surface area contributed by atoms with Crippen LogP contribution in [0, 0.1) is 5.82 Å². The summed E-state index contributed by atoms with van der Waals surface area (Å²) in [5, 5.41) is 5.13. The van der Waals surface area contributed by atoms with Gasteiger partial charge >= 0.3 is 0 Å². The van der Waals surface area contributed by atoms with Crippen molar-refractivity contribution in [3.63, 3.8) is 0 Å². The predicted molar refractivity (Wildman–Crippen MR) is 77.3 cm³/mol. The Kier molecular flexibility index (Phi) is 8.51. The van der Waals surface area contributed by atoms with Crippen molar-refractivity contribution in [1.82, 2.24) is 10.6 Å². The van der Waals surface area contributed by atoms with E-state index in [0.29, 0.717) is 0 Å². The fraction of sp³-hybridized carbons (Fsp3) is 0.385. The number of rotatable bonds is 6. The van der Waals surface area contributed by atoms with Gasteiger partial charge in [-0.2, -0.15) is 0 Å². The van der Waals surface area contributed by atoms with Crippen LogP contribution in [0.4, 0.5) is 4.39 Å². The number of halogens is 2. The molecule has 7 heteroatoms. The lowest BCUT2D eigenvalue weighted by atomic mass is 10.2. The molecule has 1 aromatic rings. The molecule has 0 spiro atoms. The second-order valence-corrected chi connectivity index (χ2v) is 4.27. The van der Waals surface area contributed by atoms with E-state index >= 15 is 0 Å². The fourth-order valence-corrected chi connectivity index (χ4v) is 1.48. The summed E-state index contributed by atoms with van der Waals surface area (Å²) in [6.07, 6.45) is 0.237. The molecule has 0 aliphatic heterocycles. The quantitative estimate of drug-likeness (QED) is 0.681. The van der Waals surface area contributed by atoms with Crippen molar-refractivity contribution in [3.8, 4) is 0 Å². The van der Waals surface area contributed by atoms with Gasteiger partial charge in [-0.25, -0.2) is 4.39 Å². The van der Waals surface area contributed by atoms with Gasteiger partial charge in [0.1, 0.15) is 5.82 Å². The maximum Gasteiger partial charge on any atom is 0.254 e. The molecule has 2 amide bonds. The Morgan fingerprint density at radius 2 is 1.85 bits per heavy atom. The normalized spacial score (nSPS) is 11.2. The number of nitrogens with two attached hydrogens (primary N) is 1. The second-order valence-electron chi connectivity index (χ2n) is 4.27. The molecule has 0 aliphatic rings. The Morgan fingerprint density at radius 1 is 1.25 bits per heavy atom. The number of nitrogens with one attached hydrogen (secondary N) is 2. The zero-order valence-corrected chi connectivity index (χ0v) is 12.0. The number of carbonyl (C=O) groups is 2. The number of carbonyl (C=O) groups excluding carboxylic acids is 2. The molecule has 0 radical (unpaired) electrons. The third-order valence-corrected chi connectivity index (χ3v) is 2.36. The summed E-state index contributed by atoms with van der Waals surface area (Å²) in [5.41, 5.74) is 5.46. The Morgan fingerprint density at radius 3 is 2.45 bits per heavy atom. The first-order valence-electron chi connectivity index (χ1n) is 6.05. The lowest BCUT2D eigenvalue weighted by Gasteiger charge is -2.08. The van der Waals surface area contributed by atoms with Crippen molar-refractivity contribution >= 4 is 24.2 Å². The van der Waals surface area contributed by atoms with Gasteiger partial charge in [-0.15, -0.1) is 12.4 Å². The first-order valence-corrected chi connectivity index (χ1v) is 6.05. The summed E-state index contributed by atoms with van der Waals surface area (Å²) in [6.45, 7) is 2.25. The molecule has 5 nitrogen and oxygen atoms in total. The third-order valence-electron chi connectivity index (χ3n) is 2.36. The summed E-state index contributed by atoms with van der Waals surface area (Å²) in [7, 11) is 0. The third kappa shape index (κ3) is 6.49. The van der Waals surface area contributed by atoms with Crippen LogP contribution in [0.5, 0.6) is 0 Å². The SMILES string of the molecule is CC(N)CC(=O)NCCNC(=O)c1ccccc1F.Cl. The maximum atomic E-state index is 13.3. The second kappa shape index (κ2) is 9.28. The first-order chi connectivity index (χ1) is 9.00. The van der Waals surface area contributed by atoms with Crippen molar-refractivity contribution in [2.45, 2.75) is 19.4 Å². The van der Waals surface area contributed by atoms with Gasteiger partial charge in [-0.1, -0.05) is 12.1 Å². The van der Waals surface area contributed by atoms with Gasteiger partial charge in [0.25, 0.3) is 5.91 Å². The van der Waals surface area contributed by atoms with Crippen LogP contribution >= 0.6 is 12.4 Å². The van der Waals surface area contributed by atoms with Crippen LogP contribution in [0.2, 0.25) is 0 Å². The Labute approximate surface area is 123 Å². The standard InChI is InChI=1S/C13H18FN3O2.ClH/c1-9(15)8-12(18)16-6-7-17-13(19)10-4-2-3-5-11(10)14;/h2-5,9H,6-8,15H2,1H3,(H,16,18)(H,17,19);1H. The molecule has 0 aliphatic carbocycles. The largest absolute Gasteiger partial charge is 0.354 e. The monoisotopic (exact) mass is 303 g/mol. The van der Waals surface area contributed by atoms with Gasteiger partial charge < -0.3 is 16.4 Å². The topological polar surface area (TPSA) is 84.2 Å². The van der Waals surface area contributed by atoms with Crippen molar-refractivity contribution in [1.29, 1.82) is 0 Å². The van der Waals surface area contributed by atoms with E-state index in [9.17, 15) is 14.0 Å². The van der Waals surface area contributed by atoms with Gasteiger partial charge in [-0.05, 0) is 19.1 Å². The van der Waals surface area contributed by atoms with Crippen molar-refractivity contribution < 1.29 is 14.0 Å². The van der Waals surface area contributed by atoms with E-state index < -0.39 is 11.7 Å². The van der Waals surface area contributed by atoms with Crippen LogP contribution in [-0.4, -0.2) is 30.9 Å². The molecular formula is C13H19ClFN3O2. The first kappa shape index (κ1) is 18.3. The minimum atomic E-state index is -0.569. The van der Waals surface area contributed by atoms with Gasteiger partial charge in [0, 0.05) is 25.6 Å². The van der Waals surface area contributed by atoms with E-state index in [2.05, 4.69) is 10.6 Å². The summed E-state index contributed by atoms with van der Waals surface area (Å²) >= 11 is 0. The highest BCUT2D eigenvalue weighted by molar-refractivity contribution is 5.94. The Bertz CT molecular complexity index is 455. The molecule has 0 saturated carbocycles. The van der Waals surface area contributed by atoms with Crippen LogP contribution in [-0.2, 0) is 4.79 Å². The molecule has 0 heterocycles. The van der Waals surface area contributed by atoms with Gasteiger partial charge in [0.2, 0.25) is 5.91 Å². The van der Waals surface area contributed by atoms with Crippen LogP contribution < -0.4 is 16.4 Å². The average molecular weight is 304 g/mol.